The van der Waals surface area contributed by atoms with E-state index in [1.807, 2.05) is 60.7 Å². The Kier molecular flexibility index (Phi) is 6.69. The number of fused-ring (bicyclic) bond motifs is 1. The molecule has 0 saturated heterocycles. The number of ketones is 1. The van der Waals surface area contributed by atoms with Crippen molar-refractivity contribution in [2.45, 2.75) is 20.5 Å². The van der Waals surface area contributed by atoms with Gasteiger partial charge in [0.1, 0.15) is 12.4 Å². The van der Waals surface area contributed by atoms with Crippen molar-refractivity contribution in [1.29, 1.82) is 0 Å². The van der Waals surface area contributed by atoms with E-state index in [-0.39, 0.29) is 5.78 Å². The second-order valence-corrected chi connectivity index (χ2v) is 6.82. The second kappa shape index (κ2) is 9.60. The fourth-order valence-corrected chi connectivity index (χ4v) is 2.92. The maximum atomic E-state index is 9.44. The summed E-state index contributed by atoms with van der Waals surface area (Å²) in [6, 6.07) is 26.5. The van der Waals surface area contributed by atoms with E-state index in [9.17, 15) is 4.79 Å². The van der Waals surface area contributed by atoms with Crippen LogP contribution in [0, 0.1) is 0 Å². The zero-order valence-corrected chi connectivity index (χ0v) is 16.9. The van der Waals surface area contributed by atoms with E-state index in [1.54, 1.807) is 7.11 Å². The minimum Gasteiger partial charge on any atom is -0.493 e. The van der Waals surface area contributed by atoms with Gasteiger partial charge in [0.05, 0.1) is 7.11 Å². The van der Waals surface area contributed by atoms with Crippen LogP contribution in [0.2, 0.25) is 0 Å². The van der Waals surface area contributed by atoms with Crippen molar-refractivity contribution >= 4 is 16.7 Å². The molecule has 0 radical (unpaired) electrons. The molecule has 1 heterocycles. The molecule has 29 heavy (non-hydrogen) atoms. The Balaban J connectivity index is 0.000000552. The summed E-state index contributed by atoms with van der Waals surface area (Å²) in [5.74, 6) is 1.64. The molecule has 1 aromatic heterocycles. The molecule has 148 valence electrons. The van der Waals surface area contributed by atoms with E-state index in [0.29, 0.717) is 6.61 Å². The lowest BCUT2D eigenvalue weighted by Gasteiger charge is -2.12. The van der Waals surface area contributed by atoms with Crippen molar-refractivity contribution in [1.82, 2.24) is 4.98 Å². The van der Waals surface area contributed by atoms with E-state index >= 15 is 0 Å². The van der Waals surface area contributed by atoms with E-state index in [4.69, 9.17) is 9.47 Å². The topological polar surface area (TPSA) is 51.3 Å². The zero-order valence-electron chi connectivity index (χ0n) is 16.9. The molecule has 4 aromatic rings. The number of methoxy groups -OCH3 is 1. The summed E-state index contributed by atoms with van der Waals surface area (Å²) < 4.78 is 11.5. The molecular weight excluding hydrogens is 362 g/mol. The summed E-state index contributed by atoms with van der Waals surface area (Å²) in [4.78, 5) is 12.9. The standard InChI is InChI=1S/C22H19NO2.C3H6O/c1-24-22-14-18(20-13-17-9-5-6-10-19(17)23-20)11-12-21(22)25-15-16-7-3-2-4-8-16;1-3(2)4/h2-14,23H,15H2,1H3;1-2H3. The zero-order chi connectivity index (χ0) is 20.6. The van der Waals surface area contributed by atoms with Gasteiger partial charge in [0, 0.05) is 22.2 Å². The number of nitrogens with one attached hydrogen (secondary N) is 1. The van der Waals surface area contributed by atoms with Gasteiger partial charge in [-0.1, -0.05) is 48.5 Å². The first-order valence-electron chi connectivity index (χ1n) is 9.47. The Morgan fingerprint density at radius 2 is 1.55 bits per heavy atom. The molecule has 4 rings (SSSR count). The molecule has 0 atom stereocenters. The number of aromatic nitrogens is 1. The number of hydrogen-bond donors (Lipinski definition) is 1. The van der Waals surface area contributed by atoms with Gasteiger partial charge in [0.25, 0.3) is 0 Å². The molecule has 0 saturated carbocycles. The molecule has 4 heteroatoms. The Bertz CT molecular complexity index is 1050. The molecule has 0 aliphatic heterocycles. The quantitative estimate of drug-likeness (QED) is 0.456. The summed E-state index contributed by atoms with van der Waals surface area (Å²) in [6.45, 7) is 3.57. The van der Waals surface area contributed by atoms with Crippen molar-refractivity contribution in [3.05, 3.63) is 84.4 Å². The van der Waals surface area contributed by atoms with Crippen LogP contribution in [0.25, 0.3) is 22.2 Å². The van der Waals surface area contributed by atoms with Crippen LogP contribution < -0.4 is 9.47 Å². The van der Waals surface area contributed by atoms with Gasteiger partial charge in [-0.05, 0) is 49.7 Å². The number of carbonyl (C=O) groups excluding carboxylic acids is 1. The number of ether oxygens (including phenoxy) is 2. The van der Waals surface area contributed by atoms with Crippen LogP contribution in [-0.4, -0.2) is 17.9 Å². The first kappa shape index (κ1) is 20.2. The number of carbonyl (C=O) groups is 1. The lowest BCUT2D eigenvalue weighted by Crippen LogP contribution is -1.97. The minimum absolute atomic E-state index is 0.167. The van der Waals surface area contributed by atoms with E-state index in [0.717, 1.165) is 33.8 Å². The van der Waals surface area contributed by atoms with Crippen LogP contribution in [0.15, 0.2) is 78.9 Å². The largest absolute Gasteiger partial charge is 0.493 e. The maximum absolute atomic E-state index is 9.44. The van der Waals surface area contributed by atoms with Gasteiger partial charge in [0.2, 0.25) is 0 Å². The lowest BCUT2D eigenvalue weighted by molar-refractivity contribution is -0.114. The predicted molar refractivity (Wildman–Crippen MR) is 117 cm³/mol. The Morgan fingerprint density at radius 3 is 2.24 bits per heavy atom. The van der Waals surface area contributed by atoms with Crippen molar-refractivity contribution in [2.24, 2.45) is 0 Å². The molecule has 0 spiro atoms. The Labute approximate surface area is 171 Å². The van der Waals surface area contributed by atoms with E-state index < -0.39 is 0 Å². The third-order valence-corrected chi connectivity index (χ3v) is 4.24. The molecule has 0 unspecified atom stereocenters. The molecule has 0 aliphatic rings. The number of hydrogen-bond acceptors (Lipinski definition) is 3. The van der Waals surface area contributed by atoms with Crippen molar-refractivity contribution in [2.75, 3.05) is 7.11 Å². The molecular formula is C25H25NO3. The summed E-state index contributed by atoms with van der Waals surface area (Å²) in [6.07, 6.45) is 0. The highest BCUT2D eigenvalue weighted by Crippen LogP contribution is 2.33. The molecule has 4 nitrogen and oxygen atoms in total. The third kappa shape index (κ3) is 5.48. The fourth-order valence-electron chi connectivity index (χ4n) is 2.92. The Hall–Kier alpha value is -3.53. The highest BCUT2D eigenvalue weighted by molar-refractivity contribution is 5.86. The van der Waals surface area contributed by atoms with Crippen LogP contribution in [-0.2, 0) is 11.4 Å². The Morgan fingerprint density at radius 1 is 0.862 bits per heavy atom. The van der Waals surface area contributed by atoms with Gasteiger partial charge < -0.3 is 19.3 Å². The van der Waals surface area contributed by atoms with Crippen molar-refractivity contribution in [3.8, 4) is 22.8 Å². The smallest absolute Gasteiger partial charge is 0.161 e. The van der Waals surface area contributed by atoms with Crippen LogP contribution >= 0.6 is 0 Å². The van der Waals surface area contributed by atoms with Gasteiger partial charge in [-0.3, -0.25) is 0 Å². The van der Waals surface area contributed by atoms with E-state index in [2.05, 4.69) is 23.2 Å². The monoisotopic (exact) mass is 387 g/mol. The number of rotatable bonds is 5. The van der Waals surface area contributed by atoms with Gasteiger partial charge in [-0.2, -0.15) is 0 Å². The van der Waals surface area contributed by atoms with Gasteiger partial charge in [-0.15, -0.1) is 0 Å². The van der Waals surface area contributed by atoms with Gasteiger partial charge in [-0.25, -0.2) is 0 Å². The molecule has 0 fully saturated rings. The average Bonchev–Trinajstić information content (AvgIpc) is 3.17. The third-order valence-electron chi connectivity index (χ3n) is 4.24. The summed E-state index contributed by atoms with van der Waals surface area (Å²) in [5.41, 5.74) is 4.39. The highest BCUT2D eigenvalue weighted by atomic mass is 16.5. The van der Waals surface area contributed by atoms with Crippen LogP contribution in [0.3, 0.4) is 0 Å². The molecule has 3 aromatic carbocycles. The SMILES string of the molecule is CC(C)=O.COc1cc(-c2cc3ccccc3[nH]2)ccc1OCc1ccccc1. The predicted octanol–water partition coefficient (Wildman–Crippen LogP) is 6.02. The average molecular weight is 387 g/mol. The maximum Gasteiger partial charge on any atom is 0.161 e. The lowest BCUT2D eigenvalue weighted by atomic mass is 10.1. The summed E-state index contributed by atoms with van der Waals surface area (Å²) in [5, 5.41) is 1.20. The number of aromatic amines is 1. The van der Waals surface area contributed by atoms with Crippen molar-refractivity contribution in [3.63, 3.8) is 0 Å². The van der Waals surface area contributed by atoms with Crippen LogP contribution in [0.1, 0.15) is 19.4 Å². The number of Topliss-reactive ketones (excluding diaryl/α,β-unsaturated/α-hetero) is 1. The second-order valence-electron chi connectivity index (χ2n) is 6.82. The molecule has 0 bridgehead atoms. The summed E-state index contributed by atoms with van der Waals surface area (Å²) in [7, 11) is 1.67. The van der Waals surface area contributed by atoms with Crippen molar-refractivity contribution < 1.29 is 14.3 Å². The fraction of sp³-hybridized carbons (Fsp3) is 0.160. The van der Waals surface area contributed by atoms with Crippen LogP contribution in [0.5, 0.6) is 11.5 Å². The van der Waals surface area contributed by atoms with E-state index in [1.165, 1.54) is 19.2 Å². The molecule has 0 aliphatic carbocycles. The number of para-hydroxylation sites is 1. The van der Waals surface area contributed by atoms with Crippen LogP contribution in [0.4, 0.5) is 0 Å². The molecule has 0 amide bonds. The number of H-pyrrole nitrogens is 1. The van der Waals surface area contributed by atoms with Gasteiger partial charge in [0.15, 0.2) is 11.5 Å². The van der Waals surface area contributed by atoms with Gasteiger partial charge >= 0.3 is 0 Å². The normalized spacial score (nSPS) is 10.2. The first-order chi connectivity index (χ1) is 14.1. The highest BCUT2D eigenvalue weighted by Gasteiger charge is 2.09. The minimum atomic E-state index is 0.167. The first-order valence-corrected chi connectivity index (χ1v) is 9.47. The summed E-state index contributed by atoms with van der Waals surface area (Å²) >= 11 is 0. The molecule has 1 N–H and O–H groups in total. The number of benzene rings is 3.